The molecule has 0 aliphatic carbocycles. The third kappa shape index (κ3) is 1.99. The Morgan fingerprint density at radius 2 is 1.19 bits per heavy atom. The zero-order valence-corrected chi connectivity index (χ0v) is 7.34. The van der Waals surface area contributed by atoms with Crippen LogP contribution in [0.4, 0.5) is 39.5 Å². The molecule has 0 aromatic rings. The van der Waals surface area contributed by atoms with Gasteiger partial charge < -0.3 is 0 Å². The van der Waals surface area contributed by atoms with E-state index in [1.54, 1.807) is 0 Å². The Morgan fingerprint density at radius 3 is 1.44 bits per heavy atom. The van der Waals surface area contributed by atoms with Crippen molar-refractivity contribution in [2.24, 2.45) is 0 Å². The van der Waals surface area contributed by atoms with Crippen molar-refractivity contribution in [2.45, 2.75) is 30.4 Å². The van der Waals surface area contributed by atoms with E-state index in [4.69, 9.17) is 0 Å². The monoisotopic (exact) mass is 260 g/mol. The van der Waals surface area contributed by atoms with E-state index in [1.165, 1.54) is 0 Å². The molecule has 0 aromatic heterocycles. The minimum Gasteiger partial charge on any atom is -0.236 e. The van der Waals surface area contributed by atoms with Gasteiger partial charge in [0.2, 0.25) is 0 Å². The van der Waals surface area contributed by atoms with Crippen LogP contribution in [-0.2, 0) is 0 Å². The van der Waals surface area contributed by atoms with Crippen LogP contribution in [0, 0.1) is 0 Å². The molecule has 0 rings (SSSR count). The lowest BCUT2D eigenvalue weighted by Crippen LogP contribution is -2.60. The summed E-state index contributed by atoms with van der Waals surface area (Å²) in [4.78, 5) is 0. The van der Waals surface area contributed by atoms with Gasteiger partial charge in [0, 0.05) is 0 Å². The molecule has 0 aromatic carbocycles. The molecule has 0 N–H and O–H groups in total. The molecule has 0 amide bonds. The predicted molar refractivity (Wildman–Crippen MR) is 35.9 cm³/mol. The fraction of sp³-hybridized carbons (Fsp3) is 0.714. The van der Waals surface area contributed by atoms with Gasteiger partial charge in [0.05, 0.1) is 0 Å². The first kappa shape index (κ1) is 15.1. The summed E-state index contributed by atoms with van der Waals surface area (Å²) in [5, 5.41) is 0. The number of alkyl halides is 9. The Kier molecular flexibility index (Phi) is 3.94. The summed E-state index contributed by atoms with van der Waals surface area (Å²) in [6, 6.07) is 0. The summed E-state index contributed by atoms with van der Waals surface area (Å²) < 4.78 is 109. The van der Waals surface area contributed by atoms with Gasteiger partial charge >= 0.3 is 24.2 Å². The average Bonchev–Trinajstić information content (AvgIpc) is 2.15. The van der Waals surface area contributed by atoms with Gasteiger partial charge in [-0.3, -0.25) is 0 Å². The third-order valence-corrected chi connectivity index (χ3v) is 1.66. The summed E-state index contributed by atoms with van der Waals surface area (Å²) in [7, 11) is 0. The van der Waals surface area contributed by atoms with Gasteiger partial charge in [-0.05, 0) is 0 Å². The molecule has 0 bridgehead atoms. The molecule has 0 saturated heterocycles. The summed E-state index contributed by atoms with van der Waals surface area (Å²) >= 11 is 0. The SMILES string of the molecule is C=CC(F)C(F)(F)C(F)(F)C(F)(F)C(F)F. The topological polar surface area (TPSA) is 0 Å². The molecule has 16 heavy (non-hydrogen) atoms. The second-order valence-corrected chi connectivity index (χ2v) is 2.76. The Balaban J connectivity index is 5.42. The lowest BCUT2D eigenvalue weighted by Gasteiger charge is -2.32. The number of halogens is 9. The largest absolute Gasteiger partial charge is 0.381 e. The van der Waals surface area contributed by atoms with Crippen molar-refractivity contribution in [3.8, 4) is 0 Å². The zero-order valence-electron chi connectivity index (χ0n) is 7.34. The van der Waals surface area contributed by atoms with Crippen LogP contribution in [0.2, 0.25) is 0 Å². The van der Waals surface area contributed by atoms with E-state index in [0.717, 1.165) is 0 Å². The smallest absolute Gasteiger partial charge is 0.236 e. The standard InChI is InChI=1S/C7H5F9/c1-2-3(8)5(11,12)7(15,16)6(13,14)4(9)10/h2-4H,1H2. The van der Waals surface area contributed by atoms with Crippen molar-refractivity contribution >= 4 is 0 Å². The molecule has 0 aliphatic rings. The summed E-state index contributed by atoms with van der Waals surface area (Å²) in [5.74, 6) is -18.8. The van der Waals surface area contributed by atoms with Crippen LogP contribution in [0.3, 0.4) is 0 Å². The van der Waals surface area contributed by atoms with Crippen molar-refractivity contribution in [1.29, 1.82) is 0 Å². The molecular weight excluding hydrogens is 255 g/mol. The van der Waals surface area contributed by atoms with Crippen molar-refractivity contribution < 1.29 is 39.5 Å². The first-order chi connectivity index (χ1) is 6.92. The van der Waals surface area contributed by atoms with E-state index >= 15 is 0 Å². The third-order valence-electron chi connectivity index (χ3n) is 1.66. The van der Waals surface area contributed by atoms with Crippen molar-refractivity contribution in [3.05, 3.63) is 12.7 Å². The fourth-order valence-corrected chi connectivity index (χ4v) is 0.680. The molecule has 0 fully saturated rings. The van der Waals surface area contributed by atoms with Crippen LogP contribution < -0.4 is 0 Å². The molecular formula is C7H5F9. The van der Waals surface area contributed by atoms with E-state index in [9.17, 15) is 39.5 Å². The molecule has 9 heteroatoms. The highest BCUT2D eigenvalue weighted by Gasteiger charge is 2.77. The van der Waals surface area contributed by atoms with Crippen molar-refractivity contribution in [2.75, 3.05) is 0 Å². The van der Waals surface area contributed by atoms with Crippen molar-refractivity contribution in [1.82, 2.24) is 0 Å². The second kappa shape index (κ2) is 4.17. The van der Waals surface area contributed by atoms with Gasteiger partial charge in [0.1, 0.15) is 0 Å². The maximum absolute atomic E-state index is 12.4. The highest BCUT2D eigenvalue weighted by molar-refractivity contribution is 5.05. The zero-order chi connectivity index (χ0) is 13.4. The highest BCUT2D eigenvalue weighted by Crippen LogP contribution is 2.50. The molecule has 1 atom stereocenters. The second-order valence-electron chi connectivity index (χ2n) is 2.76. The first-order valence-corrected chi connectivity index (χ1v) is 3.61. The first-order valence-electron chi connectivity index (χ1n) is 3.61. The maximum Gasteiger partial charge on any atom is 0.381 e. The van der Waals surface area contributed by atoms with E-state index in [2.05, 4.69) is 6.58 Å². The maximum atomic E-state index is 12.4. The van der Waals surface area contributed by atoms with Crippen LogP contribution in [0.15, 0.2) is 12.7 Å². The van der Waals surface area contributed by atoms with E-state index in [0.29, 0.717) is 0 Å². The average molecular weight is 260 g/mol. The van der Waals surface area contributed by atoms with Gasteiger partial charge in [-0.2, -0.15) is 26.3 Å². The lowest BCUT2D eigenvalue weighted by atomic mass is 10.0. The fourth-order valence-electron chi connectivity index (χ4n) is 0.680. The quantitative estimate of drug-likeness (QED) is 0.522. The van der Waals surface area contributed by atoms with Crippen LogP contribution in [-0.4, -0.2) is 30.4 Å². The minimum atomic E-state index is -6.53. The number of rotatable bonds is 5. The molecule has 96 valence electrons. The van der Waals surface area contributed by atoms with E-state index in [-0.39, 0.29) is 6.08 Å². The Morgan fingerprint density at radius 1 is 0.812 bits per heavy atom. The summed E-state index contributed by atoms with van der Waals surface area (Å²) in [6.07, 6.45) is -9.30. The van der Waals surface area contributed by atoms with Gasteiger partial charge in [0.15, 0.2) is 6.17 Å². The van der Waals surface area contributed by atoms with E-state index in [1.807, 2.05) is 0 Å². The number of allylic oxidation sites excluding steroid dienone is 1. The van der Waals surface area contributed by atoms with Gasteiger partial charge in [-0.1, -0.05) is 12.7 Å². The molecule has 0 spiro atoms. The van der Waals surface area contributed by atoms with E-state index < -0.39 is 30.4 Å². The van der Waals surface area contributed by atoms with Gasteiger partial charge in [0.25, 0.3) is 0 Å². The molecule has 0 nitrogen and oxygen atoms in total. The summed E-state index contributed by atoms with van der Waals surface area (Å²) in [6.45, 7) is 2.35. The van der Waals surface area contributed by atoms with Gasteiger partial charge in [-0.15, -0.1) is 0 Å². The van der Waals surface area contributed by atoms with Crippen LogP contribution in [0.1, 0.15) is 0 Å². The van der Waals surface area contributed by atoms with Crippen LogP contribution in [0.25, 0.3) is 0 Å². The van der Waals surface area contributed by atoms with Crippen molar-refractivity contribution in [3.63, 3.8) is 0 Å². The Labute approximate surface area is 83.7 Å². The number of hydrogen-bond donors (Lipinski definition) is 0. The minimum absolute atomic E-state index is 0.380. The Bertz CT molecular complexity index is 257. The highest BCUT2D eigenvalue weighted by atomic mass is 19.4. The van der Waals surface area contributed by atoms with Crippen LogP contribution >= 0.6 is 0 Å². The van der Waals surface area contributed by atoms with Crippen LogP contribution in [0.5, 0.6) is 0 Å². The van der Waals surface area contributed by atoms with Gasteiger partial charge in [-0.25, -0.2) is 13.2 Å². The molecule has 1 unspecified atom stereocenters. The number of hydrogen-bond acceptors (Lipinski definition) is 0. The molecule has 0 radical (unpaired) electrons. The predicted octanol–water partition coefficient (Wildman–Crippen LogP) is 3.68. The lowest BCUT2D eigenvalue weighted by molar-refractivity contribution is -0.346. The summed E-state index contributed by atoms with van der Waals surface area (Å²) in [5.41, 5.74) is 0. The Hall–Kier alpha value is -0.890. The molecule has 0 heterocycles. The molecule has 0 saturated carbocycles. The normalized spacial score (nSPS) is 16.4. The molecule has 0 aliphatic heterocycles.